The molecule has 23 heavy (non-hydrogen) atoms. The fourth-order valence-corrected chi connectivity index (χ4v) is 3.63. The van der Waals surface area contributed by atoms with Crippen molar-refractivity contribution in [1.82, 2.24) is 10.2 Å². The van der Waals surface area contributed by atoms with Gasteiger partial charge < -0.3 is 5.32 Å². The highest BCUT2D eigenvalue weighted by atomic mass is 32.2. The number of non-ortho nitro benzene ring substituents is 1. The van der Waals surface area contributed by atoms with Crippen LogP contribution < -0.4 is 5.32 Å². The average Bonchev–Trinajstić information content (AvgIpc) is 2.59. The highest BCUT2D eigenvalue weighted by Crippen LogP contribution is 2.22. The highest BCUT2D eigenvalue weighted by molar-refractivity contribution is 7.99. The van der Waals surface area contributed by atoms with Crippen molar-refractivity contribution >= 4 is 23.4 Å². The van der Waals surface area contributed by atoms with E-state index in [-0.39, 0.29) is 23.7 Å². The minimum absolute atomic E-state index is 0.0183. The van der Waals surface area contributed by atoms with E-state index in [0.717, 1.165) is 30.2 Å². The Morgan fingerprint density at radius 3 is 2.74 bits per heavy atom. The van der Waals surface area contributed by atoms with E-state index in [0.29, 0.717) is 6.42 Å². The van der Waals surface area contributed by atoms with Gasteiger partial charge in [0.1, 0.15) is 0 Å². The second kappa shape index (κ2) is 8.31. The number of hydrogen-bond donors (Lipinski definition) is 1. The van der Waals surface area contributed by atoms with Crippen molar-refractivity contribution in [3.63, 3.8) is 0 Å². The Morgan fingerprint density at radius 2 is 2.13 bits per heavy atom. The Hall–Kier alpha value is -1.60. The Labute approximate surface area is 140 Å². The molecule has 7 heteroatoms. The van der Waals surface area contributed by atoms with Crippen molar-refractivity contribution in [2.24, 2.45) is 0 Å². The number of nitro groups is 1. The molecule has 126 valence electrons. The van der Waals surface area contributed by atoms with Crippen molar-refractivity contribution < 1.29 is 9.72 Å². The molecule has 0 bridgehead atoms. The summed E-state index contributed by atoms with van der Waals surface area (Å²) in [5.41, 5.74) is 0.827. The Kier molecular flexibility index (Phi) is 6.41. The number of nitro benzene ring substituents is 1. The van der Waals surface area contributed by atoms with Gasteiger partial charge in [-0.05, 0) is 18.9 Å². The molecule has 1 saturated heterocycles. The minimum atomic E-state index is -0.411. The van der Waals surface area contributed by atoms with Gasteiger partial charge in [0.15, 0.2) is 0 Å². The summed E-state index contributed by atoms with van der Waals surface area (Å²) < 4.78 is 0. The molecule has 1 aliphatic heterocycles. The number of benzene rings is 1. The predicted molar refractivity (Wildman–Crippen MR) is 92.6 cm³/mol. The third-order valence-electron chi connectivity index (χ3n) is 4.18. The first kappa shape index (κ1) is 17.7. The third kappa shape index (κ3) is 4.68. The first-order valence-corrected chi connectivity index (χ1v) is 9.05. The van der Waals surface area contributed by atoms with Gasteiger partial charge in [-0.25, -0.2) is 0 Å². The van der Waals surface area contributed by atoms with Crippen LogP contribution in [0.25, 0.3) is 0 Å². The molecule has 2 rings (SSSR count). The second-order valence-corrected chi connectivity index (χ2v) is 6.87. The summed E-state index contributed by atoms with van der Waals surface area (Å²) in [5.74, 6) is 2.09. The third-order valence-corrected chi connectivity index (χ3v) is 5.12. The van der Waals surface area contributed by atoms with Crippen LogP contribution in [0.2, 0.25) is 0 Å². The summed E-state index contributed by atoms with van der Waals surface area (Å²) in [7, 11) is 0. The van der Waals surface area contributed by atoms with Crippen LogP contribution in [-0.2, 0) is 4.79 Å². The molecular weight excluding hydrogens is 314 g/mol. The molecule has 1 aromatic rings. The van der Waals surface area contributed by atoms with Crippen molar-refractivity contribution in [2.75, 3.05) is 24.6 Å². The molecule has 1 fully saturated rings. The highest BCUT2D eigenvalue weighted by Gasteiger charge is 2.25. The summed E-state index contributed by atoms with van der Waals surface area (Å²) >= 11 is 1.91. The molecule has 1 aliphatic rings. The number of nitrogens with one attached hydrogen (secondary N) is 1. The van der Waals surface area contributed by atoms with Crippen LogP contribution in [0.5, 0.6) is 0 Å². The number of amides is 1. The molecule has 0 aromatic heterocycles. The van der Waals surface area contributed by atoms with Crippen LogP contribution in [-0.4, -0.2) is 46.4 Å². The van der Waals surface area contributed by atoms with Gasteiger partial charge in [0.05, 0.1) is 17.0 Å². The fraction of sp³-hybridized carbons (Fsp3) is 0.562. The number of hydrogen-bond acceptors (Lipinski definition) is 5. The maximum atomic E-state index is 12.5. The summed E-state index contributed by atoms with van der Waals surface area (Å²) in [6.45, 7) is 5.73. The second-order valence-electron chi connectivity index (χ2n) is 5.65. The molecule has 0 saturated carbocycles. The van der Waals surface area contributed by atoms with Gasteiger partial charge in [0.25, 0.3) is 5.69 Å². The first-order valence-electron chi connectivity index (χ1n) is 7.89. The van der Waals surface area contributed by atoms with E-state index >= 15 is 0 Å². The quantitative estimate of drug-likeness (QED) is 0.638. The van der Waals surface area contributed by atoms with Gasteiger partial charge in [-0.1, -0.05) is 19.1 Å². The van der Waals surface area contributed by atoms with Crippen LogP contribution in [0.15, 0.2) is 24.3 Å². The zero-order chi connectivity index (χ0) is 16.8. The van der Waals surface area contributed by atoms with E-state index in [2.05, 4.69) is 10.2 Å². The van der Waals surface area contributed by atoms with Crippen LogP contribution in [0.3, 0.4) is 0 Å². The molecule has 0 spiro atoms. The number of thioether (sulfide) groups is 1. The molecular formula is C16H23N3O3S. The van der Waals surface area contributed by atoms with Gasteiger partial charge >= 0.3 is 0 Å². The molecule has 6 nitrogen and oxygen atoms in total. The van der Waals surface area contributed by atoms with Crippen LogP contribution in [0.1, 0.15) is 31.9 Å². The molecule has 1 amide bonds. The van der Waals surface area contributed by atoms with E-state index in [1.165, 1.54) is 12.1 Å². The normalized spacial score (nSPS) is 18.2. The number of carbonyl (C=O) groups is 1. The standard InChI is InChI=1S/C16H23N3O3S/c1-3-15(13-5-4-6-14(11-13)19(21)22)17-16(20)12(2)18-7-9-23-10-8-18/h4-6,11-12,15H,3,7-10H2,1-2H3,(H,17,20)/t12-,15+/m1/s1. The van der Waals surface area contributed by atoms with Crippen LogP contribution in [0, 0.1) is 10.1 Å². The summed E-state index contributed by atoms with van der Waals surface area (Å²) in [4.78, 5) is 25.2. The zero-order valence-corrected chi connectivity index (χ0v) is 14.3. The van der Waals surface area contributed by atoms with Gasteiger partial charge in [-0.3, -0.25) is 19.8 Å². The lowest BCUT2D eigenvalue weighted by Gasteiger charge is -2.32. The van der Waals surface area contributed by atoms with Gasteiger partial charge in [0.2, 0.25) is 5.91 Å². The van der Waals surface area contributed by atoms with Crippen molar-refractivity contribution in [3.8, 4) is 0 Å². The minimum Gasteiger partial charge on any atom is -0.348 e. The van der Waals surface area contributed by atoms with E-state index in [9.17, 15) is 14.9 Å². The van der Waals surface area contributed by atoms with Gasteiger partial charge in [-0.15, -0.1) is 0 Å². The maximum absolute atomic E-state index is 12.5. The van der Waals surface area contributed by atoms with Gasteiger partial charge in [0, 0.05) is 36.7 Å². The first-order chi connectivity index (χ1) is 11.0. The molecule has 0 unspecified atom stereocenters. The van der Waals surface area contributed by atoms with Crippen LogP contribution >= 0.6 is 11.8 Å². The lowest BCUT2D eigenvalue weighted by atomic mass is 10.0. The number of rotatable bonds is 6. The molecule has 2 atom stereocenters. The summed E-state index contributed by atoms with van der Waals surface area (Å²) in [5, 5.41) is 13.9. The zero-order valence-electron chi connectivity index (χ0n) is 13.5. The molecule has 0 radical (unpaired) electrons. The molecule has 0 aliphatic carbocycles. The smallest absolute Gasteiger partial charge is 0.269 e. The number of carbonyl (C=O) groups excluding carboxylic acids is 1. The van der Waals surface area contributed by atoms with Crippen molar-refractivity contribution in [3.05, 3.63) is 39.9 Å². The van der Waals surface area contributed by atoms with Crippen molar-refractivity contribution in [2.45, 2.75) is 32.4 Å². The molecule has 1 aromatic carbocycles. The largest absolute Gasteiger partial charge is 0.348 e. The van der Waals surface area contributed by atoms with Crippen molar-refractivity contribution in [1.29, 1.82) is 0 Å². The fourth-order valence-electron chi connectivity index (χ4n) is 2.70. The Morgan fingerprint density at radius 1 is 1.43 bits per heavy atom. The number of nitrogens with zero attached hydrogens (tertiary/aromatic N) is 2. The Balaban J connectivity index is 2.04. The average molecular weight is 337 g/mol. The van der Waals surface area contributed by atoms with E-state index in [1.807, 2.05) is 31.7 Å². The summed E-state index contributed by atoms with van der Waals surface area (Å²) in [6, 6.07) is 6.10. The molecule has 1 heterocycles. The Bertz CT molecular complexity index is 561. The lowest BCUT2D eigenvalue weighted by molar-refractivity contribution is -0.384. The maximum Gasteiger partial charge on any atom is 0.269 e. The predicted octanol–water partition coefficient (Wildman–Crippen LogP) is 2.60. The van der Waals surface area contributed by atoms with Gasteiger partial charge in [-0.2, -0.15) is 11.8 Å². The molecule has 1 N–H and O–H groups in total. The lowest BCUT2D eigenvalue weighted by Crippen LogP contribution is -2.48. The summed E-state index contributed by atoms with van der Waals surface area (Å²) in [6.07, 6.45) is 0.690. The topological polar surface area (TPSA) is 75.5 Å². The van der Waals surface area contributed by atoms with Crippen LogP contribution in [0.4, 0.5) is 5.69 Å². The van der Waals surface area contributed by atoms with E-state index in [4.69, 9.17) is 0 Å². The SMILES string of the molecule is CC[C@H](NC(=O)[C@@H](C)N1CCSCC1)c1cccc([N+](=O)[O-])c1. The van der Waals surface area contributed by atoms with E-state index in [1.54, 1.807) is 6.07 Å². The van der Waals surface area contributed by atoms with E-state index < -0.39 is 4.92 Å². The monoisotopic (exact) mass is 337 g/mol.